The number of halogens is 3. The summed E-state index contributed by atoms with van der Waals surface area (Å²) in [5.41, 5.74) is 5.39. The Morgan fingerprint density at radius 3 is 2.62 bits per heavy atom. The minimum absolute atomic E-state index is 0.0712. The van der Waals surface area contributed by atoms with Crippen LogP contribution in [0.5, 0.6) is 5.75 Å². The fraction of sp³-hybridized carbons (Fsp3) is 0.333. The van der Waals surface area contributed by atoms with Gasteiger partial charge in [0.15, 0.2) is 6.29 Å². The van der Waals surface area contributed by atoms with Gasteiger partial charge in [0.1, 0.15) is 5.75 Å². The van der Waals surface area contributed by atoms with Crippen molar-refractivity contribution >= 4 is 6.29 Å². The Balaban J connectivity index is 3.31. The van der Waals surface area contributed by atoms with Gasteiger partial charge < -0.3 is 10.5 Å². The lowest BCUT2D eigenvalue weighted by atomic mass is 10.1. The SMILES string of the molecule is Cc1ncc(C=O)c(OC(F)(F)F)c1CN. The van der Waals surface area contributed by atoms with Crippen LogP contribution in [-0.4, -0.2) is 17.6 Å². The molecule has 0 aliphatic heterocycles. The minimum Gasteiger partial charge on any atom is -0.405 e. The first kappa shape index (κ1) is 12.4. The number of alkyl halides is 3. The number of hydrogen-bond donors (Lipinski definition) is 1. The number of nitrogens with zero attached hydrogens (tertiary/aromatic N) is 1. The minimum atomic E-state index is -4.87. The molecule has 88 valence electrons. The lowest BCUT2D eigenvalue weighted by molar-refractivity contribution is -0.275. The van der Waals surface area contributed by atoms with E-state index in [-0.39, 0.29) is 24.0 Å². The maximum absolute atomic E-state index is 12.1. The highest BCUT2D eigenvalue weighted by Gasteiger charge is 2.33. The van der Waals surface area contributed by atoms with Crippen molar-refractivity contribution in [3.05, 3.63) is 23.0 Å². The Bertz CT molecular complexity index is 404. The normalized spacial score (nSPS) is 11.3. The van der Waals surface area contributed by atoms with Gasteiger partial charge in [-0.1, -0.05) is 0 Å². The third kappa shape index (κ3) is 2.69. The molecule has 1 rings (SSSR count). The molecule has 0 bridgehead atoms. The fourth-order valence-electron chi connectivity index (χ4n) is 1.20. The Morgan fingerprint density at radius 2 is 2.19 bits per heavy atom. The summed E-state index contributed by atoms with van der Waals surface area (Å²) in [7, 11) is 0. The Hall–Kier alpha value is -1.63. The smallest absolute Gasteiger partial charge is 0.405 e. The summed E-state index contributed by atoms with van der Waals surface area (Å²) in [6.45, 7) is 1.30. The summed E-state index contributed by atoms with van der Waals surface area (Å²) in [6, 6.07) is 0. The maximum atomic E-state index is 12.1. The fourth-order valence-corrected chi connectivity index (χ4v) is 1.20. The van der Waals surface area contributed by atoms with Crippen LogP contribution in [0.15, 0.2) is 6.20 Å². The highest BCUT2D eigenvalue weighted by Crippen LogP contribution is 2.30. The summed E-state index contributed by atoms with van der Waals surface area (Å²) in [4.78, 5) is 14.3. The summed E-state index contributed by atoms with van der Waals surface area (Å²) in [5, 5.41) is 0. The van der Waals surface area contributed by atoms with Crippen molar-refractivity contribution in [1.82, 2.24) is 4.98 Å². The molecule has 0 spiro atoms. The van der Waals surface area contributed by atoms with Gasteiger partial charge in [-0.25, -0.2) is 0 Å². The zero-order chi connectivity index (χ0) is 12.3. The van der Waals surface area contributed by atoms with Gasteiger partial charge in [0.25, 0.3) is 0 Å². The van der Waals surface area contributed by atoms with Gasteiger partial charge in [0.2, 0.25) is 0 Å². The van der Waals surface area contributed by atoms with Crippen molar-refractivity contribution in [3.63, 3.8) is 0 Å². The van der Waals surface area contributed by atoms with Crippen LogP contribution in [0.4, 0.5) is 13.2 Å². The van der Waals surface area contributed by atoms with Gasteiger partial charge in [0.05, 0.1) is 5.56 Å². The zero-order valence-corrected chi connectivity index (χ0v) is 8.34. The van der Waals surface area contributed by atoms with E-state index in [1.165, 1.54) is 6.92 Å². The van der Waals surface area contributed by atoms with Crippen molar-refractivity contribution in [1.29, 1.82) is 0 Å². The van der Waals surface area contributed by atoms with Crippen molar-refractivity contribution in [2.45, 2.75) is 19.8 Å². The van der Waals surface area contributed by atoms with Crippen LogP contribution in [0.1, 0.15) is 21.6 Å². The molecule has 7 heteroatoms. The van der Waals surface area contributed by atoms with Crippen molar-refractivity contribution in [2.24, 2.45) is 5.73 Å². The molecule has 0 unspecified atom stereocenters. The second-order valence-electron chi connectivity index (χ2n) is 2.98. The third-order valence-electron chi connectivity index (χ3n) is 1.92. The van der Waals surface area contributed by atoms with Crippen LogP contribution < -0.4 is 10.5 Å². The molecular weight excluding hydrogens is 225 g/mol. The number of aldehydes is 1. The van der Waals surface area contributed by atoms with E-state index in [2.05, 4.69) is 9.72 Å². The zero-order valence-electron chi connectivity index (χ0n) is 8.34. The molecule has 1 heterocycles. The van der Waals surface area contributed by atoms with Crippen LogP contribution in [-0.2, 0) is 6.54 Å². The summed E-state index contributed by atoms with van der Waals surface area (Å²) in [6.07, 6.45) is -3.61. The number of aromatic nitrogens is 1. The molecule has 1 aromatic heterocycles. The van der Waals surface area contributed by atoms with Gasteiger partial charge in [-0.15, -0.1) is 13.2 Å². The molecule has 0 aliphatic rings. The summed E-state index contributed by atoms with van der Waals surface area (Å²) >= 11 is 0. The Morgan fingerprint density at radius 1 is 1.56 bits per heavy atom. The number of nitrogens with two attached hydrogens (primary N) is 1. The molecular formula is C9H9F3N2O2. The number of aryl methyl sites for hydroxylation is 1. The second-order valence-corrected chi connectivity index (χ2v) is 2.98. The van der Waals surface area contributed by atoms with Gasteiger partial charge in [-0.2, -0.15) is 0 Å². The van der Waals surface area contributed by atoms with Gasteiger partial charge in [-0.05, 0) is 6.92 Å². The Kier molecular flexibility index (Phi) is 3.48. The molecule has 0 amide bonds. The molecule has 0 atom stereocenters. The number of carbonyl (C=O) groups excluding carboxylic acids is 1. The van der Waals surface area contributed by atoms with Crippen LogP contribution in [0, 0.1) is 6.92 Å². The quantitative estimate of drug-likeness (QED) is 0.806. The van der Waals surface area contributed by atoms with E-state index in [1.54, 1.807) is 0 Å². The van der Waals surface area contributed by atoms with Crippen molar-refractivity contribution in [2.75, 3.05) is 0 Å². The number of ether oxygens (including phenoxy) is 1. The monoisotopic (exact) mass is 234 g/mol. The molecule has 0 aliphatic carbocycles. The average Bonchev–Trinajstić information content (AvgIpc) is 2.16. The van der Waals surface area contributed by atoms with Crippen LogP contribution in [0.2, 0.25) is 0 Å². The molecule has 0 fully saturated rings. The Labute approximate surface area is 89.2 Å². The average molecular weight is 234 g/mol. The van der Waals surface area contributed by atoms with Gasteiger partial charge in [0, 0.05) is 24.0 Å². The number of hydrogen-bond acceptors (Lipinski definition) is 4. The maximum Gasteiger partial charge on any atom is 0.573 e. The van der Waals surface area contributed by atoms with Crippen molar-refractivity contribution in [3.8, 4) is 5.75 Å². The molecule has 0 radical (unpaired) electrons. The number of carbonyl (C=O) groups is 1. The molecule has 0 saturated heterocycles. The molecule has 4 nitrogen and oxygen atoms in total. The highest BCUT2D eigenvalue weighted by atomic mass is 19.4. The van der Waals surface area contributed by atoms with E-state index in [9.17, 15) is 18.0 Å². The first-order valence-electron chi connectivity index (χ1n) is 4.28. The van der Waals surface area contributed by atoms with E-state index in [1.807, 2.05) is 0 Å². The number of rotatable bonds is 3. The standard InChI is InChI=1S/C9H9F3N2O2/c1-5-7(2-13)8(16-9(10,11)12)6(4-15)3-14-5/h3-4H,2,13H2,1H3. The van der Waals surface area contributed by atoms with E-state index in [0.717, 1.165) is 6.20 Å². The third-order valence-corrected chi connectivity index (χ3v) is 1.92. The van der Waals surface area contributed by atoms with Crippen LogP contribution in [0.3, 0.4) is 0 Å². The van der Waals surface area contributed by atoms with Gasteiger partial charge in [-0.3, -0.25) is 9.78 Å². The van der Waals surface area contributed by atoms with E-state index >= 15 is 0 Å². The molecule has 0 saturated carbocycles. The molecule has 0 aromatic carbocycles. The van der Waals surface area contributed by atoms with Gasteiger partial charge >= 0.3 is 6.36 Å². The largest absolute Gasteiger partial charge is 0.573 e. The first-order chi connectivity index (χ1) is 7.39. The lowest BCUT2D eigenvalue weighted by Crippen LogP contribution is -2.20. The molecule has 1 aromatic rings. The predicted molar refractivity (Wildman–Crippen MR) is 48.9 cm³/mol. The van der Waals surface area contributed by atoms with Crippen molar-refractivity contribution < 1.29 is 22.7 Å². The molecule has 16 heavy (non-hydrogen) atoms. The molecule has 2 N–H and O–H groups in total. The topological polar surface area (TPSA) is 65.2 Å². The number of pyridine rings is 1. The lowest BCUT2D eigenvalue weighted by Gasteiger charge is -2.15. The van der Waals surface area contributed by atoms with Crippen LogP contribution in [0.25, 0.3) is 0 Å². The van der Waals surface area contributed by atoms with Crippen LogP contribution >= 0.6 is 0 Å². The first-order valence-corrected chi connectivity index (χ1v) is 4.28. The summed E-state index contributed by atoms with van der Waals surface area (Å²) < 4.78 is 40.1. The predicted octanol–water partition coefficient (Wildman–Crippen LogP) is 1.56. The van der Waals surface area contributed by atoms with E-state index in [0.29, 0.717) is 5.69 Å². The van der Waals surface area contributed by atoms with E-state index in [4.69, 9.17) is 5.73 Å². The van der Waals surface area contributed by atoms with E-state index < -0.39 is 12.1 Å². The second kappa shape index (κ2) is 4.48. The summed E-state index contributed by atoms with van der Waals surface area (Å²) in [5.74, 6) is -0.572. The highest BCUT2D eigenvalue weighted by molar-refractivity contribution is 5.79.